The Labute approximate surface area is 126 Å². The van der Waals surface area contributed by atoms with Crippen molar-refractivity contribution in [2.45, 2.75) is 19.8 Å². The molecule has 0 atom stereocenters. The van der Waals surface area contributed by atoms with Crippen molar-refractivity contribution < 1.29 is 9.47 Å². The van der Waals surface area contributed by atoms with Gasteiger partial charge < -0.3 is 9.47 Å². The molecule has 0 fully saturated rings. The topological polar surface area (TPSA) is 30.8 Å². The second-order valence-corrected chi connectivity index (χ2v) is 4.73. The van der Waals surface area contributed by atoms with Gasteiger partial charge in [-0.05, 0) is 60.5 Å². The minimum atomic E-state index is 0.769. The summed E-state index contributed by atoms with van der Waals surface area (Å²) in [5.41, 5.74) is 1.95. The minimum absolute atomic E-state index is 0.769. The van der Waals surface area contributed by atoms with Gasteiger partial charge in [0.25, 0.3) is 0 Å². The number of hydrogen-bond donors (Lipinski definition) is 0. The van der Waals surface area contributed by atoms with E-state index in [0.717, 1.165) is 42.2 Å². The SMILES string of the molecule is CCCCOc1ccc(N=Cc2ccc(OC)cc2)cc1. The first-order chi connectivity index (χ1) is 10.3. The number of rotatable bonds is 7. The van der Waals surface area contributed by atoms with Gasteiger partial charge in [0.05, 0.1) is 19.4 Å². The lowest BCUT2D eigenvalue weighted by Gasteiger charge is -2.04. The highest BCUT2D eigenvalue weighted by atomic mass is 16.5. The van der Waals surface area contributed by atoms with E-state index < -0.39 is 0 Å². The molecule has 0 N–H and O–H groups in total. The van der Waals surface area contributed by atoms with Crippen LogP contribution in [0.5, 0.6) is 11.5 Å². The van der Waals surface area contributed by atoms with Crippen LogP contribution in [0.25, 0.3) is 0 Å². The first kappa shape index (κ1) is 15.1. The predicted octanol–water partition coefficient (Wildman–Crippen LogP) is 4.62. The standard InChI is InChI=1S/C18H21NO2/c1-3-4-13-21-18-11-7-16(8-12-18)19-14-15-5-9-17(20-2)10-6-15/h5-12,14H,3-4,13H2,1-2H3. The Bertz CT molecular complexity index is 559. The van der Waals surface area contributed by atoms with E-state index >= 15 is 0 Å². The first-order valence-corrected chi connectivity index (χ1v) is 7.23. The van der Waals surface area contributed by atoms with Gasteiger partial charge in [0, 0.05) is 6.21 Å². The van der Waals surface area contributed by atoms with E-state index in [0.29, 0.717) is 0 Å². The van der Waals surface area contributed by atoms with Gasteiger partial charge in [-0.2, -0.15) is 0 Å². The molecule has 0 aliphatic carbocycles. The zero-order valence-electron chi connectivity index (χ0n) is 12.6. The van der Waals surface area contributed by atoms with Crippen LogP contribution >= 0.6 is 0 Å². The molecule has 2 aromatic rings. The summed E-state index contributed by atoms with van der Waals surface area (Å²) < 4.78 is 10.8. The van der Waals surface area contributed by atoms with Crippen molar-refractivity contribution in [3.63, 3.8) is 0 Å². The van der Waals surface area contributed by atoms with Gasteiger partial charge in [0.1, 0.15) is 11.5 Å². The molecule has 0 saturated carbocycles. The number of nitrogens with zero attached hydrogens (tertiary/aromatic N) is 1. The lowest BCUT2D eigenvalue weighted by Crippen LogP contribution is -1.95. The molecular weight excluding hydrogens is 262 g/mol. The number of unbranched alkanes of at least 4 members (excludes halogenated alkanes) is 1. The molecule has 2 rings (SSSR count). The zero-order valence-corrected chi connectivity index (χ0v) is 12.6. The maximum absolute atomic E-state index is 5.62. The summed E-state index contributed by atoms with van der Waals surface area (Å²) in [4.78, 5) is 4.45. The monoisotopic (exact) mass is 283 g/mol. The Morgan fingerprint density at radius 1 is 0.952 bits per heavy atom. The van der Waals surface area contributed by atoms with Crippen LogP contribution < -0.4 is 9.47 Å². The molecule has 0 bridgehead atoms. The highest BCUT2D eigenvalue weighted by molar-refractivity contribution is 5.82. The van der Waals surface area contributed by atoms with Crippen LogP contribution in [0.4, 0.5) is 5.69 Å². The van der Waals surface area contributed by atoms with Gasteiger partial charge in [0.15, 0.2) is 0 Å². The van der Waals surface area contributed by atoms with E-state index in [1.807, 2.05) is 54.7 Å². The molecule has 2 aromatic carbocycles. The molecule has 0 unspecified atom stereocenters. The molecule has 21 heavy (non-hydrogen) atoms. The van der Waals surface area contributed by atoms with Crippen molar-refractivity contribution in [3.05, 3.63) is 54.1 Å². The summed E-state index contributed by atoms with van der Waals surface area (Å²) in [6, 6.07) is 15.6. The molecule has 0 saturated heterocycles. The van der Waals surface area contributed by atoms with E-state index in [-0.39, 0.29) is 0 Å². The smallest absolute Gasteiger partial charge is 0.119 e. The number of aliphatic imine (C=N–C) groups is 1. The van der Waals surface area contributed by atoms with Gasteiger partial charge >= 0.3 is 0 Å². The van der Waals surface area contributed by atoms with E-state index in [2.05, 4.69) is 11.9 Å². The Morgan fingerprint density at radius 2 is 1.62 bits per heavy atom. The molecule has 0 heterocycles. The first-order valence-electron chi connectivity index (χ1n) is 7.23. The van der Waals surface area contributed by atoms with E-state index in [9.17, 15) is 0 Å². The fourth-order valence-electron chi connectivity index (χ4n) is 1.80. The largest absolute Gasteiger partial charge is 0.497 e. The normalized spacial score (nSPS) is 10.8. The van der Waals surface area contributed by atoms with Crippen molar-refractivity contribution in [3.8, 4) is 11.5 Å². The maximum Gasteiger partial charge on any atom is 0.119 e. The Balaban J connectivity index is 1.93. The maximum atomic E-state index is 5.62. The summed E-state index contributed by atoms with van der Waals surface area (Å²) in [6.07, 6.45) is 4.06. The van der Waals surface area contributed by atoms with E-state index in [1.54, 1.807) is 7.11 Å². The number of ether oxygens (including phenoxy) is 2. The van der Waals surface area contributed by atoms with Crippen molar-refractivity contribution in [2.75, 3.05) is 13.7 Å². The third-order valence-electron chi connectivity index (χ3n) is 3.08. The molecule has 0 aliphatic rings. The van der Waals surface area contributed by atoms with Crippen molar-refractivity contribution in [1.29, 1.82) is 0 Å². The Kier molecular flexibility index (Phi) is 5.83. The third kappa shape index (κ3) is 4.95. The summed E-state index contributed by atoms with van der Waals surface area (Å²) in [5.74, 6) is 1.74. The Morgan fingerprint density at radius 3 is 2.24 bits per heavy atom. The summed E-state index contributed by atoms with van der Waals surface area (Å²) in [6.45, 7) is 2.92. The fraction of sp³-hybridized carbons (Fsp3) is 0.278. The van der Waals surface area contributed by atoms with Gasteiger partial charge in [-0.1, -0.05) is 13.3 Å². The number of methoxy groups -OCH3 is 1. The van der Waals surface area contributed by atoms with E-state index in [1.165, 1.54) is 0 Å². The van der Waals surface area contributed by atoms with Crippen LogP contribution in [-0.4, -0.2) is 19.9 Å². The fourth-order valence-corrected chi connectivity index (χ4v) is 1.80. The van der Waals surface area contributed by atoms with Gasteiger partial charge in [-0.3, -0.25) is 4.99 Å². The second kappa shape index (κ2) is 8.10. The molecule has 0 aliphatic heterocycles. The lowest BCUT2D eigenvalue weighted by atomic mass is 10.2. The molecule has 3 heteroatoms. The van der Waals surface area contributed by atoms with E-state index in [4.69, 9.17) is 9.47 Å². The molecule has 0 amide bonds. The van der Waals surface area contributed by atoms with Crippen LogP contribution in [0.1, 0.15) is 25.3 Å². The third-order valence-corrected chi connectivity index (χ3v) is 3.08. The average molecular weight is 283 g/mol. The van der Waals surface area contributed by atoms with Crippen LogP contribution in [0.2, 0.25) is 0 Å². The lowest BCUT2D eigenvalue weighted by molar-refractivity contribution is 0.309. The van der Waals surface area contributed by atoms with Crippen LogP contribution in [0, 0.1) is 0 Å². The molecule has 0 radical (unpaired) electrons. The highest BCUT2D eigenvalue weighted by Crippen LogP contribution is 2.18. The molecule has 110 valence electrons. The van der Waals surface area contributed by atoms with Crippen LogP contribution in [-0.2, 0) is 0 Å². The quantitative estimate of drug-likeness (QED) is 0.548. The zero-order chi connectivity index (χ0) is 14.9. The van der Waals surface area contributed by atoms with Crippen molar-refractivity contribution in [2.24, 2.45) is 4.99 Å². The predicted molar refractivity (Wildman–Crippen MR) is 87.1 cm³/mol. The Hall–Kier alpha value is -2.29. The summed E-state index contributed by atoms with van der Waals surface area (Å²) >= 11 is 0. The average Bonchev–Trinajstić information content (AvgIpc) is 2.55. The second-order valence-electron chi connectivity index (χ2n) is 4.73. The number of benzene rings is 2. The summed E-state index contributed by atoms with van der Waals surface area (Å²) in [5, 5.41) is 0. The van der Waals surface area contributed by atoms with Crippen molar-refractivity contribution >= 4 is 11.9 Å². The van der Waals surface area contributed by atoms with Gasteiger partial charge in [-0.25, -0.2) is 0 Å². The van der Waals surface area contributed by atoms with Crippen LogP contribution in [0.15, 0.2) is 53.5 Å². The molecule has 0 spiro atoms. The number of hydrogen-bond acceptors (Lipinski definition) is 3. The van der Waals surface area contributed by atoms with Gasteiger partial charge in [0.2, 0.25) is 0 Å². The molecule has 3 nitrogen and oxygen atoms in total. The van der Waals surface area contributed by atoms with Crippen LogP contribution in [0.3, 0.4) is 0 Å². The highest BCUT2D eigenvalue weighted by Gasteiger charge is 1.95. The van der Waals surface area contributed by atoms with Gasteiger partial charge in [-0.15, -0.1) is 0 Å². The molecule has 0 aromatic heterocycles. The minimum Gasteiger partial charge on any atom is -0.497 e. The summed E-state index contributed by atoms with van der Waals surface area (Å²) in [7, 11) is 1.66. The molecular formula is C18H21NO2. The van der Waals surface area contributed by atoms with Crippen molar-refractivity contribution in [1.82, 2.24) is 0 Å².